The molecule has 1 amide bonds. The van der Waals surface area contributed by atoms with Gasteiger partial charge in [0.2, 0.25) is 0 Å². The van der Waals surface area contributed by atoms with Gasteiger partial charge in [-0.2, -0.15) is 10.5 Å². The first-order chi connectivity index (χ1) is 19.2. The molecule has 2 fully saturated rings. The summed E-state index contributed by atoms with van der Waals surface area (Å²) in [6, 6.07) is 19.5. The molecule has 1 atom stereocenters. The van der Waals surface area contributed by atoms with Crippen LogP contribution in [0.4, 0.5) is 10.5 Å². The summed E-state index contributed by atoms with van der Waals surface area (Å²) in [7, 11) is 0.0420. The summed E-state index contributed by atoms with van der Waals surface area (Å²) in [4.78, 5) is 18.9. The van der Waals surface area contributed by atoms with Crippen LogP contribution < -0.4 is 10.2 Å². The number of allylic oxidation sites excluding steroid dienone is 2. The van der Waals surface area contributed by atoms with Crippen molar-refractivity contribution in [2.24, 2.45) is 0 Å². The van der Waals surface area contributed by atoms with E-state index in [1.54, 1.807) is 0 Å². The number of hydrogen-bond donors (Lipinski definition) is 1. The minimum atomic E-state index is -0.526. The van der Waals surface area contributed by atoms with E-state index >= 15 is 0 Å². The Balaban J connectivity index is 1.39. The Morgan fingerprint density at radius 2 is 1.70 bits per heavy atom. The Kier molecular flexibility index (Phi) is 7.13. The number of morpholine rings is 1. The molecule has 1 N–H and O–H groups in total. The zero-order valence-corrected chi connectivity index (χ0v) is 24.7. The molecule has 0 bridgehead atoms. The Morgan fingerprint density at radius 1 is 1.00 bits per heavy atom. The average molecular weight is 558 g/mol. The predicted molar refractivity (Wildman–Crippen MR) is 165 cm³/mol. The van der Waals surface area contributed by atoms with Crippen molar-refractivity contribution in [3.8, 4) is 0 Å². The molecule has 1 saturated carbocycles. The van der Waals surface area contributed by atoms with E-state index in [4.69, 9.17) is 9.47 Å². The first kappa shape index (κ1) is 26.9. The van der Waals surface area contributed by atoms with E-state index in [0.717, 1.165) is 56.8 Å². The molecule has 40 heavy (non-hydrogen) atoms. The lowest BCUT2D eigenvalue weighted by molar-refractivity contribution is 0.0377. The van der Waals surface area contributed by atoms with Crippen LogP contribution >= 0.6 is 10.5 Å². The van der Waals surface area contributed by atoms with Gasteiger partial charge < -0.3 is 24.6 Å². The summed E-state index contributed by atoms with van der Waals surface area (Å²) in [5.41, 5.74) is 6.33. The Morgan fingerprint density at radius 3 is 2.33 bits per heavy atom. The summed E-state index contributed by atoms with van der Waals surface area (Å²) in [5.74, 6) is 0. The zero-order chi connectivity index (χ0) is 27.9. The predicted octanol–water partition coefficient (Wildman–Crippen LogP) is 6.59. The fourth-order valence-electron chi connectivity index (χ4n) is 5.91. The van der Waals surface area contributed by atoms with Gasteiger partial charge in [0.25, 0.3) is 0 Å². The lowest BCUT2D eigenvalue weighted by atomic mass is 9.72. The van der Waals surface area contributed by atoms with Crippen molar-refractivity contribution in [2.75, 3.05) is 37.5 Å². The van der Waals surface area contributed by atoms with Crippen molar-refractivity contribution in [3.63, 3.8) is 0 Å². The number of carbonyl (C=O) groups excluding carboxylic acids is 1. The van der Waals surface area contributed by atoms with Crippen LogP contribution in [0.25, 0.3) is 5.70 Å². The third kappa shape index (κ3) is 5.13. The average Bonchev–Trinajstić information content (AvgIpc) is 3.30. The normalized spacial score (nSPS) is 22.1. The Bertz CT molecular complexity index is 1410. The Labute approximate surface area is 240 Å². The van der Waals surface area contributed by atoms with Crippen molar-refractivity contribution in [2.45, 2.75) is 51.2 Å². The van der Waals surface area contributed by atoms with Crippen molar-refractivity contribution in [1.82, 2.24) is 10.2 Å². The molecule has 7 heteroatoms. The molecule has 0 radical (unpaired) electrons. The highest BCUT2D eigenvalue weighted by Gasteiger charge is 2.41. The van der Waals surface area contributed by atoms with Crippen LogP contribution in [0.15, 0.2) is 83.0 Å². The number of amides is 1. The van der Waals surface area contributed by atoms with Gasteiger partial charge in [-0.1, -0.05) is 42.5 Å². The van der Waals surface area contributed by atoms with E-state index < -0.39 is 5.60 Å². The molecule has 1 unspecified atom stereocenters. The highest BCUT2D eigenvalue weighted by atomic mass is 32.2. The maximum atomic E-state index is 12.7. The molecule has 6 nitrogen and oxygen atoms in total. The van der Waals surface area contributed by atoms with Gasteiger partial charge >= 0.3 is 6.09 Å². The number of hydrogen-bond acceptors (Lipinski definition) is 5. The fraction of sp³-hybridized carbons (Fsp3) is 0.394. The number of fused-ring (bicyclic) bond motifs is 1. The van der Waals surface area contributed by atoms with Gasteiger partial charge in [-0.3, -0.25) is 0 Å². The van der Waals surface area contributed by atoms with Crippen molar-refractivity contribution in [1.29, 1.82) is 0 Å². The molecule has 1 saturated heterocycles. The monoisotopic (exact) mass is 557 g/mol. The van der Waals surface area contributed by atoms with Gasteiger partial charge in [0.15, 0.2) is 0 Å². The van der Waals surface area contributed by atoms with Crippen molar-refractivity contribution < 1.29 is 14.3 Å². The highest BCUT2D eigenvalue weighted by molar-refractivity contribution is 8.18. The maximum Gasteiger partial charge on any atom is 0.408 e. The molecule has 2 aromatic carbocycles. The van der Waals surface area contributed by atoms with Crippen molar-refractivity contribution >= 4 is 33.3 Å². The van der Waals surface area contributed by atoms with E-state index in [0.29, 0.717) is 0 Å². The van der Waals surface area contributed by atoms with Gasteiger partial charge in [0, 0.05) is 41.0 Å². The smallest absolute Gasteiger partial charge is 0.408 e. The third-order valence-corrected chi connectivity index (χ3v) is 9.60. The SMILES string of the molecule is CS1=CC=C2C1=CN(c1ccc(C3(NC(=O)OC(C)(C)C)CCC3)cc1)C(c1ccccc1)=C2N1CCOCC1. The standard InChI is InChI=1S/C33H39N3O3S/c1-32(2,3)39-31(37)34-33(16-8-17-33)25-11-13-26(14-12-25)36-23-28-27(15-22-40(28)4)30(35-18-20-38-21-19-35)29(36)24-9-6-5-7-10-24/h5-7,9-15,22-23H,8,16-21H2,1-4H3,(H,34,37). The molecule has 2 aromatic rings. The summed E-state index contributed by atoms with van der Waals surface area (Å²) < 4.78 is 11.3. The molecule has 3 aliphatic heterocycles. The van der Waals surface area contributed by atoms with E-state index in [9.17, 15) is 4.79 Å². The minimum absolute atomic E-state index is 0.0420. The molecular weight excluding hydrogens is 518 g/mol. The molecule has 210 valence electrons. The van der Waals surface area contributed by atoms with Crippen molar-refractivity contribution in [3.05, 3.63) is 94.2 Å². The molecule has 1 aliphatic carbocycles. The number of benzene rings is 2. The fourth-order valence-corrected chi connectivity index (χ4v) is 7.18. The molecular formula is C33H39N3O3S. The summed E-state index contributed by atoms with van der Waals surface area (Å²) >= 11 is 0. The second-order valence-corrected chi connectivity index (χ2v) is 13.7. The van der Waals surface area contributed by atoms with E-state index in [1.807, 2.05) is 20.8 Å². The number of nitrogens with one attached hydrogen (secondary N) is 1. The van der Waals surface area contributed by atoms with Crippen LogP contribution in [0.3, 0.4) is 0 Å². The van der Waals surface area contributed by atoms with E-state index in [1.165, 1.54) is 27.4 Å². The van der Waals surface area contributed by atoms with Gasteiger partial charge in [0.1, 0.15) is 5.60 Å². The molecule has 0 spiro atoms. The van der Waals surface area contributed by atoms with Gasteiger partial charge in [-0.15, -0.1) is 0 Å². The number of alkyl carbamates (subject to hydrolysis) is 1. The van der Waals surface area contributed by atoms with Crippen LogP contribution in [0.2, 0.25) is 0 Å². The van der Waals surface area contributed by atoms with Crippen LogP contribution in [-0.4, -0.2) is 54.5 Å². The number of carbonyl (C=O) groups is 1. The second-order valence-electron chi connectivity index (χ2n) is 11.9. The quantitative estimate of drug-likeness (QED) is 0.420. The topological polar surface area (TPSA) is 54.0 Å². The van der Waals surface area contributed by atoms with Gasteiger partial charge in [-0.05, 0) is 75.4 Å². The lowest BCUT2D eigenvalue weighted by Gasteiger charge is -2.43. The largest absolute Gasteiger partial charge is 0.444 e. The summed E-state index contributed by atoms with van der Waals surface area (Å²) in [6.45, 7) is 8.92. The van der Waals surface area contributed by atoms with E-state index in [2.05, 4.69) is 93.6 Å². The molecule has 4 aliphatic rings. The lowest BCUT2D eigenvalue weighted by Crippen LogP contribution is -2.52. The minimum Gasteiger partial charge on any atom is -0.444 e. The molecule has 3 heterocycles. The first-order valence-electron chi connectivity index (χ1n) is 14.2. The third-order valence-electron chi connectivity index (χ3n) is 8.04. The van der Waals surface area contributed by atoms with Crippen LogP contribution in [0, 0.1) is 0 Å². The maximum absolute atomic E-state index is 12.7. The van der Waals surface area contributed by atoms with E-state index in [-0.39, 0.29) is 22.1 Å². The van der Waals surface area contributed by atoms with Crippen LogP contribution in [-0.2, 0) is 15.0 Å². The first-order valence-corrected chi connectivity index (χ1v) is 15.9. The van der Waals surface area contributed by atoms with Gasteiger partial charge in [-0.25, -0.2) is 4.79 Å². The summed E-state index contributed by atoms with van der Waals surface area (Å²) in [5, 5.41) is 5.53. The molecule has 0 aromatic heterocycles. The zero-order valence-electron chi connectivity index (χ0n) is 23.9. The Hall–Kier alpha value is -3.29. The van der Waals surface area contributed by atoms with Crippen LogP contribution in [0.5, 0.6) is 0 Å². The highest BCUT2D eigenvalue weighted by Crippen LogP contribution is 2.48. The van der Waals surface area contributed by atoms with Gasteiger partial charge in [0.05, 0.1) is 30.1 Å². The summed E-state index contributed by atoms with van der Waals surface area (Å²) in [6.07, 6.45) is 9.50. The van der Waals surface area contributed by atoms with Crippen LogP contribution in [0.1, 0.15) is 51.2 Å². The number of ether oxygens (including phenoxy) is 2. The second kappa shape index (κ2) is 10.6. The number of anilines is 1. The number of rotatable bonds is 5. The number of nitrogens with zero attached hydrogens (tertiary/aromatic N) is 2. The molecule has 6 rings (SSSR count).